The molecule has 0 aliphatic heterocycles. The van der Waals surface area contributed by atoms with Crippen LogP contribution in [0.4, 0.5) is 0 Å². The Bertz CT molecular complexity index is 376. The van der Waals surface area contributed by atoms with Gasteiger partial charge in [0.1, 0.15) is 11.5 Å². The molecule has 2 rings (SSSR count). The molecule has 0 fully saturated rings. The van der Waals surface area contributed by atoms with Gasteiger partial charge in [0.15, 0.2) is 0 Å². The lowest BCUT2D eigenvalue weighted by Crippen LogP contribution is -2.21. The molecule has 1 aliphatic rings. The SMILES string of the molecule is COc1cc2c(c(OC)c1)CCC[C@H](N)C2. The number of nitrogens with two attached hydrogens (primary N) is 1. The van der Waals surface area contributed by atoms with Crippen molar-refractivity contribution < 1.29 is 9.47 Å². The van der Waals surface area contributed by atoms with Crippen LogP contribution in [0.3, 0.4) is 0 Å². The molecule has 0 heterocycles. The van der Waals surface area contributed by atoms with E-state index in [2.05, 4.69) is 6.07 Å². The molecule has 88 valence electrons. The zero-order valence-electron chi connectivity index (χ0n) is 9.95. The number of fused-ring (bicyclic) bond motifs is 1. The van der Waals surface area contributed by atoms with Gasteiger partial charge in [-0.2, -0.15) is 0 Å². The summed E-state index contributed by atoms with van der Waals surface area (Å²) in [5.41, 5.74) is 8.63. The van der Waals surface area contributed by atoms with E-state index in [1.54, 1.807) is 14.2 Å². The van der Waals surface area contributed by atoms with E-state index in [4.69, 9.17) is 15.2 Å². The summed E-state index contributed by atoms with van der Waals surface area (Å²) in [5, 5.41) is 0. The maximum absolute atomic E-state index is 6.05. The molecule has 16 heavy (non-hydrogen) atoms. The van der Waals surface area contributed by atoms with Gasteiger partial charge in [0.25, 0.3) is 0 Å². The van der Waals surface area contributed by atoms with E-state index in [1.165, 1.54) is 11.1 Å². The second-order valence-corrected chi connectivity index (χ2v) is 4.32. The van der Waals surface area contributed by atoms with Crippen molar-refractivity contribution in [3.8, 4) is 11.5 Å². The maximum Gasteiger partial charge on any atom is 0.126 e. The maximum atomic E-state index is 6.05. The first kappa shape index (κ1) is 11.3. The quantitative estimate of drug-likeness (QED) is 0.776. The molecule has 0 bridgehead atoms. The average Bonchev–Trinajstić information content (AvgIpc) is 2.48. The summed E-state index contributed by atoms with van der Waals surface area (Å²) >= 11 is 0. The number of hydrogen-bond donors (Lipinski definition) is 1. The number of methoxy groups -OCH3 is 2. The number of benzene rings is 1. The Morgan fingerprint density at radius 3 is 2.75 bits per heavy atom. The average molecular weight is 221 g/mol. The predicted molar refractivity (Wildman–Crippen MR) is 64.2 cm³/mol. The molecule has 0 aromatic heterocycles. The molecule has 0 saturated heterocycles. The third-order valence-electron chi connectivity index (χ3n) is 3.21. The molecule has 0 amide bonds. The minimum Gasteiger partial charge on any atom is -0.497 e. The van der Waals surface area contributed by atoms with Crippen LogP contribution >= 0.6 is 0 Å². The summed E-state index contributed by atoms with van der Waals surface area (Å²) in [7, 11) is 3.39. The topological polar surface area (TPSA) is 44.5 Å². The molecule has 0 spiro atoms. The molecule has 2 N–H and O–H groups in total. The van der Waals surface area contributed by atoms with Crippen molar-refractivity contribution in [3.05, 3.63) is 23.3 Å². The third kappa shape index (κ3) is 2.14. The van der Waals surface area contributed by atoms with Gasteiger partial charge in [0.05, 0.1) is 14.2 Å². The van der Waals surface area contributed by atoms with Crippen molar-refractivity contribution >= 4 is 0 Å². The van der Waals surface area contributed by atoms with Gasteiger partial charge >= 0.3 is 0 Å². The summed E-state index contributed by atoms with van der Waals surface area (Å²) in [5.74, 6) is 1.79. The highest BCUT2D eigenvalue weighted by Gasteiger charge is 2.18. The Morgan fingerprint density at radius 2 is 2.06 bits per heavy atom. The van der Waals surface area contributed by atoms with Gasteiger partial charge in [-0.1, -0.05) is 0 Å². The van der Waals surface area contributed by atoms with Gasteiger partial charge in [0.2, 0.25) is 0 Å². The molecule has 1 aromatic carbocycles. The first-order chi connectivity index (χ1) is 7.74. The van der Waals surface area contributed by atoms with Crippen LogP contribution in [-0.2, 0) is 12.8 Å². The smallest absolute Gasteiger partial charge is 0.126 e. The number of rotatable bonds is 2. The summed E-state index contributed by atoms with van der Waals surface area (Å²) < 4.78 is 10.7. The molecule has 1 aliphatic carbocycles. The van der Waals surface area contributed by atoms with E-state index in [9.17, 15) is 0 Å². The summed E-state index contributed by atoms with van der Waals surface area (Å²) in [6.07, 6.45) is 4.19. The lowest BCUT2D eigenvalue weighted by molar-refractivity contribution is 0.390. The highest BCUT2D eigenvalue weighted by Crippen LogP contribution is 2.32. The highest BCUT2D eigenvalue weighted by atomic mass is 16.5. The van der Waals surface area contributed by atoms with Gasteiger partial charge in [0, 0.05) is 12.1 Å². The standard InChI is InChI=1S/C13H19NO2/c1-15-11-7-9-6-10(14)4-3-5-12(9)13(8-11)16-2/h7-8,10H,3-6,14H2,1-2H3/t10-/m0/s1. The molecular formula is C13H19NO2. The fourth-order valence-corrected chi connectivity index (χ4v) is 2.37. The molecule has 0 saturated carbocycles. The van der Waals surface area contributed by atoms with Gasteiger partial charge in [-0.25, -0.2) is 0 Å². The number of hydrogen-bond acceptors (Lipinski definition) is 3. The van der Waals surface area contributed by atoms with Crippen molar-refractivity contribution in [1.29, 1.82) is 0 Å². The van der Waals surface area contributed by atoms with Crippen molar-refractivity contribution in [3.63, 3.8) is 0 Å². The lowest BCUT2D eigenvalue weighted by Gasteiger charge is -2.14. The highest BCUT2D eigenvalue weighted by molar-refractivity contribution is 5.47. The molecule has 0 radical (unpaired) electrons. The molecule has 3 nitrogen and oxygen atoms in total. The van der Waals surface area contributed by atoms with Crippen LogP contribution in [-0.4, -0.2) is 20.3 Å². The van der Waals surface area contributed by atoms with E-state index in [0.717, 1.165) is 37.2 Å². The monoisotopic (exact) mass is 221 g/mol. The molecule has 0 unspecified atom stereocenters. The minimum atomic E-state index is 0.262. The normalized spacial score (nSPS) is 19.8. The van der Waals surface area contributed by atoms with E-state index < -0.39 is 0 Å². The Labute approximate surface area is 96.5 Å². The van der Waals surface area contributed by atoms with E-state index >= 15 is 0 Å². The summed E-state index contributed by atoms with van der Waals surface area (Å²) in [6.45, 7) is 0. The lowest BCUT2D eigenvalue weighted by atomic mass is 10.0. The third-order valence-corrected chi connectivity index (χ3v) is 3.21. The van der Waals surface area contributed by atoms with Crippen molar-refractivity contribution in [2.45, 2.75) is 31.7 Å². The molecule has 1 aromatic rings. The fourth-order valence-electron chi connectivity index (χ4n) is 2.37. The van der Waals surface area contributed by atoms with Crippen LogP contribution in [0, 0.1) is 0 Å². The molecule has 3 heteroatoms. The Kier molecular flexibility index (Phi) is 3.34. The Hall–Kier alpha value is -1.22. The predicted octanol–water partition coefficient (Wildman–Crippen LogP) is 1.91. The molecular weight excluding hydrogens is 202 g/mol. The number of ether oxygens (including phenoxy) is 2. The van der Waals surface area contributed by atoms with Crippen LogP contribution in [0.2, 0.25) is 0 Å². The van der Waals surface area contributed by atoms with Crippen LogP contribution in [0.15, 0.2) is 12.1 Å². The Balaban J connectivity index is 2.45. The van der Waals surface area contributed by atoms with Crippen LogP contribution in [0.25, 0.3) is 0 Å². The minimum absolute atomic E-state index is 0.262. The first-order valence-electron chi connectivity index (χ1n) is 5.74. The van der Waals surface area contributed by atoms with Gasteiger partial charge < -0.3 is 15.2 Å². The second-order valence-electron chi connectivity index (χ2n) is 4.32. The zero-order chi connectivity index (χ0) is 11.5. The van der Waals surface area contributed by atoms with Crippen LogP contribution in [0.5, 0.6) is 11.5 Å². The first-order valence-corrected chi connectivity index (χ1v) is 5.74. The van der Waals surface area contributed by atoms with Gasteiger partial charge in [-0.15, -0.1) is 0 Å². The van der Waals surface area contributed by atoms with E-state index in [0.29, 0.717) is 0 Å². The summed E-state index contributed by atoms with van der Waals surface area (Å²) in [4.78, 5) is 0. The van der Waals surface area contributed by atoms with Crippen molar-refractivity contribution in [2.75, 3.05) is 14.2 Å². The van der Waals surface area contributed by atoms with Crippen LogP contribution in [0.1, 0.15) is 24.0 Å². The zero-order valence-corrected chi connectivity index (χ0v) is 9.95. The van der Waals surface area contributed by atoms with Crippen LogP contribution < -0.4 is 15.2 Å². The van der Waals surface area contributed by atoms with Gasteiger partial charge in [-0.05, 0) is 42.9 Å². The van der Waals surface area contributed by atoms with Gasteiger partial charge in [-0.3, -0.25) is 0 Å². The Morgan fingerprint density at radius 1 is 1.25 bits per heavy atom. The fraction of sp³-hybridized carbons (Fsp3) is 0.538. The largest absolute Gasteiger partial charge is 0.497 e. The summed E-state index contributed by atoms with van der Waals surface area (Å²) in [6, 6.07) is 4.30. The van der Waals surface area contributed by atoms with E-state index in [1.807, 2.05) is 6.07 Å². The van der Waals surface area contributed by atoms with Crippen molar-refractivity contribution in [1.82, 2.24) is 0 Å². The van der Waals surface area contributed by atoms with Crippen molar-refractivity contribution in [2.24, 2.45) is 5.73 Å². The molecule has 1 atom stereocenters. The second kappa shape index (κ2) is 4.74. The van der Waals surface area contributed by atoms with E-state index in [-0.39, 0.29) is 6.04 Å².